The lowest BCUT2D eigenvalue weighted by Gasteiger charge is -2.24. The summed E-state index contributed by atoms with van der Waals surface area (Å²) in [5, 5.41) is 3.11. The third-order valence-electron chi connectivity index (χ3n) is 3.01. The van der Waals surface area contributed by atoms with E-state index in [1.54, 1.807) is 14.0 Å². The van der Waals surface area contributed by atoms with Crippen molar-refractivity contribution in [3.05, 3.63) is 35.4 Å². The maximum Gasteiger partial charge on any atom is 0.261 e. The van der Waals surface area contributed by atoms with Crippen LogP contribution in [0.3, 0.4) is 0 Å². The number of hydrogen-bond donors (Lipinski definition) is 1. The van der Waals surface area contributed by atoms with Crippen LogP contribution in [-0.2, 0) is 11.2 Å². The highest BCUT2D eigenvalue weighted by atomic mass is 19.3. The summed E-state index contributed by atoms with van der Waals surface area (Å²) in [6, 6.07) is 8.07. The zero-order valence-electron chi connectivity index (χ0n) is 11.1. The lowest BCUT2D eigenvalue weighted by molar-refractivity contribution is -0.0300. The van der Waals surface area contributed by atoms with Crippen LogP contribution in [0.15, 0.2) is 24.3 Å². The van der Waals surface area contributed by atoms with Gasteiger partial charge in [0.25, 0.3) is 6.43 Å². The molecule has 2 unspecified atom stereocenters. The van der Waals surface area contributed by atoms with Crippen molar-refractivity contribution in [3.8, 4) is 0 Å². The van der Waals surface area contributed by atoms with Crippen molar-refractivity contribution in [2.45, 2.75) is 38.8 Å². The van der Waals surface area contributed by atoms with Gasteiger partial charge in [-0.1, -0.05) is 31.2 Å². The third-order valence-corrected chi connectivity index (χ3v) is 3.01. The number of ether oxygens (including phenoxy) is 1. The number of alkyl halides is 2. The molecule has 0 aliphatic heterocycles. The molecule has 0 fully saturated rings. The summed E-state index contributed by atoms with van der Waals surface area (Å²) < 4.78 is 29.4. The molecule has 1 aromatic carbocycles. The van der Waals surface area contributed by atoms with Gasteiger partial charge >= 0.3 is 0 Å². The lowest BCUT2D eigenvalue weighted by Crippen LogP contribution is -2.30. The zero-order valence-corrected chi connectivity index (χ0v) is 11.1. The van der Waals surface area contributed by atoms with Crippen LogP contribution in [0.1, 0.15) is 31.0 Å². The van der Waals surface area contributed by atoms with Crippen LogP contribution in [0.2, 0.25) is 0 Å². The number of aryl methyl sites for hydroxylation is 1. The van der Waals surface area contributed by atoms with Gasteiger partial charge in [0.2, 0.25) is 0 Å². The van der Waals surface area contributed by atoms with Gasteiger partial charge in [0.05, 0.1) is 12.1 Å². The molecule has 18 heavy (non-hydrogen) atoms. The molecule has 1 N–H and O–H groups in total. The van der Waals surface area contributed by atoms with Crippen molar-refractivity contribution < 1.29 is 13.5 Å². The summed E-state index contributed by atoms with van der Waals surface area (Å²) >= 11 is 0. The van der Waals surface area contributed by atoms with Crippen molar-refractivity contribution in [2.24, 2.45) is 0 Å². The van der Waals surface area contributed by atoms with E-state index in [1.165, 1.54) is 5.56 Å². The van der Waals surface area contributed by atoms with Gasteiger partial charge in [-0.3, -0.25) is 0 Å². The zero-order chi connectivity index (χ0) is 13.5. The second kappa shape index (κ2) is 7.44. The molecule has 0 spiro atoms. The predicted octanol–water partition coefficient (Wildman–Crippen LogP) is 3.18. The monoisotopic (exact) mass is 257 g/mol. The molecule has 0 amide bonds. The number of nitrogens with one attached hydrogen (secondary N) is 1. The molecule has 0 saturated heterocycles. The molecule has 1 aromatic rings. The van der Waals surface area contributed by atoms with E-state index in [2.05, 4.69) is 24.4 Å². The normalized spacial score (nSPS) is 14.8. The first-order chi connectivity index (χ1) is 8.58. The minimum atomic E-state index is -2.42. The smallest absolute Gasteiger partial charge is 0.261 e. The predicted molar refractivity (Wildman–Crippen MR) is 69.0 cm³/mol. The number of halogens is 2. The van der Waals surface area contributed by atoms with E-state index in [1.807, 2.05) is 12.1 Å². The van der Waals surface area contributed by atoms with E-state index in [-0.39, 0.29) is 12.1 Å². The summed E-state index contributed by atoms with van der Waals surface area (Å²) in [4.78, 5) is 0. The minimum absolute atomic E-state index is 0.0744. The fourth-order valence-electron chi connectivity index (χ4n) is 1.95. The number of likely N-dealkylation sites (N-methyl/N-ethyl adjacent to an activating group) is 1. The molecule has 102 valence electrons. The van der Waals surface area contributed by atoms with E-state index in [0.29, 0.717) is 0 Å². The first kappa shape index (κ1) is 15.1. The Morgan fingerprint density at radius 2 is 1.83 bits per heavy atom. The van der Waals surface area contributed by atoms with Crippen LogP contribution < -0.4 is 5.32 Å². The maximum absolute atomic E-state index is 12.1. The van der Waals surface area contributed by atoms with E-state index in [4.69, 9.17) is 4.74 Å². The van der Waals surface area contributed by atoms with E-state index in [0.717, 1.165) is 12.0 Å². The second-order valence-electron chi connectivity index (χ2n) is 4.29. The summed E-state index contributed by atoms with van der Waals surface area (Å²) in [5.74, 6) is 0. The van der Waals surface area contributed by atoms with Gasteiger partial charge in [-0.2, -0.15) is 0 Å². The Morgan fingerprint density at radius 3 is 2.28 bits per heavy atom. The first-order valence-corrected chi connectivity index (χ1v) is 6.24. The molecule has 0 aromatic heterocycles. The summed E-state index contributed by atoms with van der Waals surface area (Å²) in [6.07, 6.45) is -1.73. The largest absolute Gasteiger partial charge is 0.371 e. The average molecular weight is 257 g/mol. The molecule has 0 aliphatic rings. The third kappa shape index (κ3) is 4.35. The van der Waals surface area contributed by atoms with Gasteiger partial charge in [0, 0.05) is 0 Å². The molecule has 0 bridgehead atoms. The Labute approximate surface area is 107 Å². The lowest BCUT2D eigenvalue weighted by atomic mass is 10.0. The second-order valence-corrected chi connectivity index (χ2v) is 4.29. The molecule has 4 heteroatoms. The van der Waals surface area contributed by atoms with Crippen molar-refractivity contribution in [2.75, 3.05) is 13.7 Å². The molecule has 0 radical (unpaired) electrons. The Balaban J connectivity index is 2.68. The number of rotatable bonds is 7. The molecule has 2 nitrogen and oxygen atoms in total. The highest BCUT2D eigenvalue weighted by Gasteiger charge is 2.19. The first-order valence-electron chi connectivity index (χ1n) is 6.24. The van der Waals surface area contributed by atoms with Crippen molar-refractivity contribution in [3.63, 3.8) is 0 Å². The highest BCUT2D eigenvalue weighted by Crippen LogP contribution is 2.20. The number of hydrogen-bond acceptors (Lipinski definition) is 2. The van der Waals surface area contributed by atoms with Gasteiger partial charge in [-0.15, -0.1) is 0 Å². The Hall–Kier alpha value is -1.00. The van der Waals surface area contributed by atoms with E-state index >= 15 is 0 Å². The standard InChI is InChI=1S/C14H21F2NO/c1-4-11-5-7-12(8-6-11)14(17-3)10(2)18-9-13(15)16/h5-8,10,13-14,17H,4,9H2,1-3H3. The molecule has 0 aliphatic carbocycles. The Bertz CT molecular complexity index is 340. The molecular weight excluding hydrogens is 236 g/mol. The molecule has 1 rings (SSSR count). The Morgan fingerprint density at radius 1 is 1.22 bits per heavy atom. The maximum atomic E-state index is 12.1. The van der Waals surface area contributed by atoms with Crippen LogP contribution in [0.5, 0.6) is 0 Å². The van der Waals surface area contributed by atoms with Crippen LogP contribution in [0.25, 0.3) is 0 Å². The molecular formula is C14H21F2NO. The topological polar surface area (TPSA) is 21.3 Å². The van der Waals surface area contributed by atoms with Gasteiger partial charge < -0.3 is 10.1 Å². The summed E-state index contributed by atoms with van der Waals surface area (Å²) in [5.41, 5.74) is 2.31. The van der Waals surface area contributed by atoms with E-state index < -0.39 is 13.0 Å². The van der Waals surface area contributed by atoms with Crippen LogP contribution in [-0.4, -0.2) is 26.2 Å². The van der Waals surface area contributed by atoms with E-state index in [9.17, 15) is 8.78 Å². The fourth-order valence-corrected chi connectivity index (χ4v) is 1.95. The van der Waals surface area contributed by atoms with Gasteiger partial charge in [-0.05, 0) is 31.5 Å². The molecule has 0 saturated carbocycles. The van der Waals surface area contributed by atoms with Gasteiger partial charge in [0.1, 0.15) is 6.61 Å². The molecule has 0 heterocycles. The molecule has 2 atom stereocenters. The van der Waals surface area contributed by atoms with Gasteiger partial charge in [-0.25, -0.2) is 8.78 Å². The quantitative estimate of drug-likeness (QED) is 0.810. The fraction of sp³-hybridized carbons (Fsp3) is 0.571. The highest BCUT2D eigenvalue weighted by molar-refractivity contribution is 5.25. The van der Waals surface area contributed by atoms with Crippen molar-refractivity contribution in [1.82, 2.24) is 5.32 Å². The summed E-state index contributed by atoms with van der Waals surface area (Å²) in [6.45, 7) is 3.38. The van der Waals surface area contributed by atoms with Crippen molar-refractivity contribution in [1.29, 1.82) is 0 Å². The minimum Gasteiger partial charge on any atom is -0.371 e. The SMILES string of the molecule is CCc1ccc(C(NC)C(C)OCC(F)F)cc1. The van der Waals surface area contributed by atoms with Gasteiger partial charge in [0.15, 0.2) is 0 Å². The average Bonchev–Trinajstić information content (AvgIpc) is 2.38. The summed E-state index contributed by atoms with van der Waals surface area (Å²) in [7, 11) is 1.81. The van der Waals surface area contributed by atoms with Crippen LogP contribution in [0.4, 0.5) is 8.78 Å². The Kier molecular flexibility index (Phi) is 6.22. The number of benzene rings is 1. The van der Waals surface area contributed by atoms with Crippen molar-refractivity contribution >= 4 is 0 Å². The van der Waals surface area contributed by atoms with Crippen LogP contribution >= 0.6 is 0 Å². The van der Waals surface area contributed by atoms with Crippen LogP contribution in [0, 0.1) is 0 Å².